The van der Waals surface area contributed by atoms with Crippen molar-refractivity contribution in [3.63, 3.8) is 0 Å². The van der Waals surface area contributed by atoms with Crippen molar-refractivity contribution in [1.29, 1.82) is 0 Å². The van der Waals surface area contributed by atoms with E-state index in [9.17, 15) is 4.79 Å². The maximum Gasteiger partial charge on any atom is 0.262 e. The molecule has 1 unspecified atom stereocenters. The van der Waals surface area contributed by atoms with Crippen LogP contribution in [0.4, 0.5) is 5.69 Å². The summed E-state index contributed by atoms with van der Waals surface area (Å²) >= 11 is 0. The lowest BCUT2D eigenvalue weighted by atomic mass is 9.90. The van der Waals surface area contributed by atoms with E-state index in [1.165, 1.54) is 11.1 Å². The van der Waals surface area contributed by atoms with Gasteiger partial charge in [-0.05, 0) is 42.0 Å². The quantitative estimate of drug-likeness (QED) is 0.926. The summed E-state index contributed by atoms with van der Waals surface area (Å²) in [7, 11) is 0. The molecular weight excluding hydrogens is 262 g/mol. The third-order valence-corrected chi connectivity index (χ3v) is 3.92. The van der Waals surface area contributed by atoms with Crippen LogP contribution in [0.2, 0.25) is 0 Å². The Hall–Kier alpha value is -2.29. The minimum atomic E-state index is -0.0917. The SMILES string of the molecule is CCC(Cc1ccc2c(c1)OCC(=O)N2)c1ccccc1. The second kappa shape index (κ2) is 6.00. The highest BCUT2D eigenvalue weighted by Gasteiger charge is 2.17. The van der Waals surface area contributed by atoms with E-state index in [4.69, 9.17) is 4.74 Å². The average Bonchev–Trinajstić information content (AvgIpc) is 2.53. The molecule has 0 aliphatic carbocycles. The zero-order valence-corrected chi connectivity index (χ0v) is 12.1. The summed E-state index contributed by atoms with van der Waals surface area (Å²) in [6, 6.07) is 16.6. The molecule has 0 fully saturated rings. The molecule has 2 aromatic carbocycles. The van der Waals surface area contributed by atoms with Crippen LogP contribution >= 0.6 is 0 Å². The summed E-state index contributed by atoms with van der Waals surface area (Å²) in [5.74, 6) is 1.18. The van der Waals surface area contributed by atoms with Gasteiger partial charge in [-0.25, -0.2) is 0 Å². The largest absolute Gasteiger partial charge is 0.482 e. The zero-order valence-electron chi connectivity index (χ0n) is 12.1. The number of carbonyl (C=O) groups is 1. The number of amides is 1. The van der Waals surface area contributed by atoms with Crippen LogP contribution in [0.5, 0.6) is 5.75 Å². The molecule has 1 amide bonds. The number of rotatable bonds is 4. The monoisotopic (exact) mass is 281 g/mol. The van der Waals surface area contributed by atoms with Gasteiger partial charge in [0, 0.05) is 0 Å². The van der Waals surface area contributed by atoms with E-state index in [2.05, 4.69) is 42.6 Å². The third kappa shape index (κ3) is 3.07. The summed E-state index contributed by atoms with van der Waals surface area (Å²) < 4.78 is 5.49. The first kappa shape index (κ1) is 13.7. The summed E-state index contributed by atoms with van der Waals surface area (Å²) in [6.07, 6.45) is 2.07. The molecule has 0 aromatic heterocycles. The van der Waals surface area contributed by atoms with Crippen molar-refractivity contribution in [2.75, 3.05) is 11.9 Å². The first-order chi connectivity index (χ1) is 10.3. The molecule has 2 aromatic rings. The van der Waals surface area contributed by atoms with E-state index in [0.29, 0.717) is 5.92 Å². The van der Waals surface area contributed by atoms with Gasteiger partial charge in [-0.15, -0.1) is 0 Å². The Balaban J connectivity index is 1.80. The predicted octanol–water partition coefficient (Wildman–Crippen LogP) is 3.75. The van der Waals surface area contributed by atoms with E-state index in [1.807, 2.05) is 18.2 Å². The van der Waals surface area contributed by atoms with E-state index in [-0.39, 0.29) is 12.5 Å². The van der Waals surface area contributed by atoms with Gasteiger partial charge in [0.25, 0.3) is 5.91 Å². The molecule has 1 heterocycles. The molecule has 3 heteroatoms. The van der Waals surface area contributed by atoms with Crippen molar-refractivity contribution in [2.45, 2.75) is 25.7 Å². The highest BCUT2D eigenvalue weighted by atomic mass is 16.5. The van der Waals surface area contributed by atoms with Gasteiger partial charge in [-0.3, -0.25) is 4.79 Å². The van der Waals surface area contributed by atoms with Gasteiger partial charge in [0.15, 0.2) is 6.61 Å². The van der Waals surface area contributed by atoms with Gasteiger partial charge < -0.3 is 10.1 Å². The molecular formula is C18H19NO2. The first-order valence-electron chi connectivity index (χ1n) is 7.37. The van der Waals surface area contributed by atoms with Crippen LogP contribution < -0.4 is 10.1 Å². The topological polar surface area (TPSA) is 38.3 Å². The van der Waals surface area contributed by atoms with Gasteiger partial charge in [0.1, 0.15) is 5.75 Å². The number of carbonyl (C=O) groups excluding carboxylic acids is 1. The number of hydrogen-bond acceptors (Lipinski definition) is 2. The fourth-order valence-electron chi connectivity index (χ4n) is 2.75. The van der Waals surface area contributed by atoms with E-state index in [0.717, 1.165) is 24.3 Å². The smallest absolute Gasteiger partial charge is 0.262 e. The van der Waals surface area contributed by atoms with Crippen molar-refractivity contribution < 1.29 is 9.53 Å². The standard InChI is InChI=1S/C18H19NO2/c1-2-14(15-6-4-3-5-7-15)10-13-8-9-16-17(11-13)21-12-18(20)19-16/h3-9,11,14H,2,10,12H2,1H3,(H,19,20). The van der Waals surface area contributed by atoms with Crippen molar-refractivity contribution in [3.05, 3.63) is 59.7 Å². The van der Waals surface area contributed by atoms with Crippen molar-refractivity contribution >= 4 is 11.6 Å². The predicted molar refractivity (Wildman–Crippen MR) is 83.7 cm³/mol. The van der Waals surface area contributed by atoms with Crippen LogP contribution in [0.15, 0.2) is 48.5 Å². The molecule has 1 N–H and O–H groups in total. The van der Waals surface area contributed by atoms with E-state index in [1.54, 1.807) is 0 Å². The zero-order chi connectivity index (χ0) is 14.7. The van der Waals surface area contributed by atoms with Crippen LogP contribution in [0, 0.1) is 0 Å². The van der Waals surface area contributed by atoms with Crippen molar-refractivity contribution in [1.82, 2.24) is 0 Å². The fourth-order valence-corrected chi connectivity index (χ4v) is 2.75. The summed E-state index contributed by atoms with van der Waals surface area (Å²) in [5, 5.41) is 2.82. The lowest BCUT2D eigenvalue weighted by Gasteiger charge is -2.20. The Kier molecular flexibility index (Phi) is 3.91. The van der Waals surface area contributed by atoms with Crippen LogP contribution in [-0.4, -0.2) is 12.5 Å². The molecule has 0 saturated carbocycles. The molecule has 108 valence electrons. The lowest BCUT2D eigenvalue weighted by molar-refractivity contribution is -0.118. The van der Waals surface area contributed by atoms with Crippen LogP contribution in [-0.2, 0) is 11.2 Å². The van der Waals surface area contributed by atoms with Gasteiger partial charge >= 0.3 is 0 Å². The first-order valence-corrected chi connectivity index (χ1v) is 7.37. The molecule has 0 spiro atoms. The summed E-state index contributed by atoms with van der Waals surface area (Å²) in [4.78, 5) is 11.3. The van der Waals surface area contributed by atoms with Crippen molar-refractivity contribution in [2.24, 2.45) is 0 Å². The molecule has 21 heavy (non-hydrogen) atoms. The Bertz CT molecular complexity index is 637. The summed E-state index contributed by atoms with van der Waals surface area (Å²) in [6.45, 7) is 2.32. The number of anilines is 1. The van der Waals surface area contributed by atoms with Gasteiger partial charge in [-0.2, -0.15) is 0 Å². The minimum absolute atomic E-state index is 0.0917. The van der Waals surface area contributed by atoms with Crippen LogP contribution in [0.25, 0.3) is 0 Å². The maximum atomic E-state index is 11.3. The second-order valence-electron chi connectivity index (χ2n) is 5.39. The van der Waals surface area contributed by atoms with Gasteiger partial charge in [0.2, 0.25) is 0 Å². The van der Waals surface area contributed by atoms with Gasteiger partial charge in [0.05, 0.1) is 5.69 Å². The Morgan fingerprint density at radius 2 is 2.00 bits per heavy atom. The summed E-state index contributed by atoms with van der Waals surface area (Å²) in [5.41, 5.74) is 3.37. The number of ether oxygens (including phenoxy) is 1. The van der Waals surface area contributed by atoms with E-state index >= 15 is 0 Å². The minimum Gasteiger partial charge on any atom is -0.482 e. The number of fused-ring (bicyclic) bond motifs is 1. The molecule has 1 atom stereocenters. The molecule has 3 nitrogen and oxygen atoms in total. The molecule has 0 bridgehead atoms. The Morgan fingerprint density at radius 1 is 1.19 bits per heavy atom. The third-order valence-electron chi connectivity index (χ3n) is 3.92. The molecule has 3 rings (SSSR count). The van der Waals surface area contributed by atoms with Crippen LogP contribution in [0.3, 0.4) is 0 Å². The van der Waals surface area contributed by atoms with Gasteiger partial charge in [-0.1, -0.05) is 43.3 Å². The second-order valence-corrected chi connectivity index (χ2v) is 5.39. The normalized spacial score (nSPS) is 14.8. The number of benzene rings is 2. The fraction of sp³-hybridized carbons (Fsp3) is 0.278. The highest BCUT2D eigenvalue weighted by Crippen LogP contribution is 2.31. The maximum absolute atomic E-state index is 11.3. The van der Waals surface area contributed by atoms with E-state index < -0.39 is 0 Å². The average molecular weight is 281 g/mol. The Morgan fingerprint density at radius 3 is 2.76 bits per heavy atom. The molecule has 1 aliphatic heterocycles. The molecule has 1 aliphatic rings. The highest BCUT2D eigenvalue weighted by molar-refractivity contribution is 5.95. The number of nitrogens with one attached hydrogen (secondary N) is 1. The van der Waals surface area contributed by atoms with Crippen molar-refractivity contribution in [3.8, 4) is 5.75 Å². The lowest BCUT2D eigenvalue weighted by Crippen LogP contribution is -2.25. The molecule has 0 saturated heterocycles. The molecule has 0 radical (unpaired) electrons. The van der Waals surface area contributed by atoms with Crippen LogP contribution in [0.1, 0.15) is 30.4 Å². The Labute approximate surface area is 124 Å². The number of hydrogen-bond donors (Lipinski definition) is 1.